The molecule has 0 atom stereocenters. The van der Waals surface area contributed by atoms with Gasteiger partial charge >= 0.3 is 0 Å². The number of rotatable bonds is 16. The maximum Gasteiger partial charge on any atom is 0.0701 e. The molecule has 0 fully saturated rings. The van der Waals surface area contributed by atoms with Crippen LogP contribution in [0.1, 0.15) is 32.6 Å². The summed E-state index contributed by atoms with van der Waals surface area (Å²) in [5.74, 6) is 0. The van der Waals surface area contributed by atoms with E-state index in [1.807, 2.05) is 0 Å². The summed E-state index contributed by atoms with van der Waals surface area (Å²) in [6.45, 7) is 7.70. The van der Waals surface area contributed by atoms with Gasteiger partial charge in [-0.2, -0.15) is 0 Å². The minimum atomic E-state index is 0.625. The summed E-state index contributed by atoms with van der Waals surface area (Å²) in [7, 11) is 0. The molecule has 5 heteroatoms. The van der Waals surface area contributed by atoms with Crippen molar-refractivity contribution in [3.63, 3.8) is 0 Å². The number of ether oxygens (including phenoxy) is 4. The highest BCUT2D eigenvalue weighted by Crippen LogP contribution is 1.94. The van der Waals surface area contributed by atoms with Gasteiger partial charge in [0.2, 0.25) is 0 Å². The summed E-state index contributed by atoms with van der Waals surface area (Å²) in [6, 6.07) is 0. The van der Waals surface area contributed by atoms with Gasteiger partial charge < -0.3 is 18.9 Å². The van der Waals surface area contributed by atoms with Gasteiger partial charge in [-0.25, -0.2) is 0 Å². The molecule has 19 heavy (non-hydrogen) atoms. The zero-order valence-corrected chi connectivity index (χ0v) is 13.8. The Balaban J connectivity index is 2.88. The van der Waals surface area contributed by atoms with Crippen molar-refractivity contribution in [3.05, 3.63) is 0 Å². The minimum absolute atomic E-state index is 0.625. The number of hydrogen-bond acceptors (Lipinski definition) is 4. The molecule has 0 spiro atoms. The van der Waals surface area contributed by atoms with Crippen molar-refractivity contribution >= 4 is 15.9 Å². The van der Waals surface area contributed by atoms with Gasteiger partial charge in [0.15, 0.2) is 0 Å². The molecule has 0 rings (SSSR count). The summed E-state index contributed by atoms with van der Waals surface area (Å²) in [6.07, 6.45) is 4.56. The van der Waals surface area contributed by atoms with E-state index in [0.717, 1.165) is 37.8 Å². The van der Waals surface area contributed by atoms with E-state index in [1.165, 1.54) is 6.42 Å². The lowest BCUT2D eigenvalue weighted by atomic mass is 10.4. The highest BCUT2D eigenvalue weighted by Gasteiger charge is 1.92. The molecule has 0 saturated heterocycles. The second kappa shape index (κ2) is 18.3. The standard InChI is InChI=1S/C14H29BrO4/c1-2-3-7-16-9-11-18-13-14-19-12-10-17-8-5-4-6-15/h2-14H2,1H3. The predicted octanol–water partition coefficient (Wildman–Crippen LogP) is 3.03. The third kappa shape index (κ3) is 18.3. The van der Waals surface area contributed by atoms with Gasteiger partial charge in [0.05, 0.1) is 39.6 Å². The molecule has 0 amide bonds. The Kier molecular flexibility index (Phi) is 18.6. The molecule has 0 saturated carbocycles. The van der Waals surface area contributed by atoms with Crippen molar-refractivity contribution < 1.29 is 18.9 Å². The van der Waals surface area contributed by atoms with Crippen LogP contribution >= 0.6 is 15.9 Å². The number of unbranched alkanes of at least 4 members (excludes halogenated alkanes) is 2. The van der Waals surface area contributed by atoms with E-state index in [2.05, 4.69) is 22.9 Å². The molecule has 0 aliphatic rings. The zero-order chi connectivity index (χ0) is 14.0. The molecule has 0 bridgehead atoms. The van der Waals surface area contributed by atoms with Gasteiger partial charge in [0.25, 0.3) is 0 Å². The van der Waals surface area contributed by atoms with E-state index < -0.39 is 0 Å². The lowest BCUT2D eigenvalue weighted by Crippen LogP contribution is -2.12. The molecule has 0 N–H and O–H groups in total. The molecule has 0 aliphatic carbocycles. The van der Waals surface area contributed by atoms with Crippen LogP contribution in [-0.2, 0) is 18.9 Å². The van der Waals surface area contributed by atoms with Crippen LogP contribution in [0.5, 0.6) is 0 Å². The number of halogens is 1. The quantitative estimate of drug-likeness (QED) is 0.319. The summed E-state index contributed by atoms with van der Waals surface area (Å²) >= 11 is 3.39. The fourth-order valence-corrected chi connectivity index (χ4v) is 1.70. The molecule has 0 radical (unpaired) electrons. The van der Waals surface area contributed by atoms with Crippen LogP contribution in [0.15, 0.2) is 0 Å². The first-order chi connectivity index (χ1) is 9.41. The van der Waals surface area contributed by atoms with Crippen LogP contribution in [0.25, 0.3) is 0 Å². The van der Waals surface area contributed by atoms with Crippen molar-refractivity contribution in [3.8, 4) is 0 Å². The lowest BCUT2D eigenvalue weighted by molar-refractivity contribution is -0.00225. The average Bonchev–Trinajstić information content (AvgIpc) is 2.43. The van der Waals surface area contributed by atoms with E-state index >= 15 is 0 Å². The van der Waals surface area contributed by atoms with E-state index in [0.29, 0.717) is 39.6 Å². The summed E-state index contributed by atoms with van der Waals surface area (Å²) in [5, 5.41) is 1.05. The Morgan fingerprint density at radius 2 is 1.00 bits per heavy atom. The molecular weight excluding hydrogens is 312 g/mol. The maximum absolute atomic E-state index is 5.41. The Morgan fingerprint density at radius 3 is 1.42 bits per heavy atom. The van der Waals surface area contributed by atoms with Gasteiger partial charge in [-0.1, -0.05) is 29.3 Å². The SMILES string of the molecule is CCCCOCCOCCOCCOCCCCBr. The van der Waals surface area contributed by atoms with Gasteiger partial charge in [-0.3, -0.25) is 0 Å². The first-order valence-electron chi connectivity index (χ1n) is 7.28. The fraction of sp³-hybridized carbons (Fsp3) is 1.00. The second-order valence-electron chi connectivity index (χ2n) is 4.20. The molecule has 0 unspecified atom stereocenters. The number of hydrogen-bond donors (Lipinski definition) is 0. The Bertz CT molecular complexity index is 142. The first kappa shape index (κ1) is 19.3. The zero-order valence-electron chi connectivity index (χ0n) is 12.2. The topological polar surface area (TPSA) is 36.9 Å². The minimum Gasteiger partial charge on any atom is -0.379 e. The van der Waals surface area contributed by atoms with Crippen LogP contribution in [-0.4, -0.2) is 58.2 Å². The van der Waals surface area contributed by atoms with Crippen molar-refractivity contribution in [1.82, 2.24) is 0 Å². The van der Waals surface area contributed by atoms with Gasteiger partial charge in [0.1, 0.15) is 0 Å². The van der Waals surface area contributed by atoms with Crippen molar-refractivity contribution in [2.45, 2.75) is 32.6 Å². The maximum atomic E-state index is 5.41. The van der Waals surface area contributed by atoms with Crippen LogP contribution in [0, 0.1) is 0 Å². The van der Waals surface area contributed by atoms with Gasteiger partial charge in [-0.15, -0.1) is 0 Å². The highest BCUT2D eigenvalue weighted by atomic mass is 79.9. The molecular formula is C14H29BrO4. The van der Waals surface area contributed by atoms with Gasteiger partial charge in [-0.05, 0) is 19.3 Å². The monoisotopic (exact) mass is 340 g/mol. The molecule has 0 aliphatic heterocycles. The molecule has 116 valence electrons. The summed E-state index contributed by atoms with van der Waals surface area (Å²) < 4.78 is 21.6. The third-order valence-electron chi connectivity index (χ3n) is 2.43. The first-order valence-corrected chi connectivity index (χ1v) is 8.41. The lowest BCUT2D eigenvalue weighted by Gasteiger charge is -2.07. The van der Waals surface area contributed by atoms with Crippen LogP contribution in [0.2, 0.25) is 0 Å². The molecule has 0 aromatic rings. The Hall–Kier alpha value is 0.320. The van der Waals surface area contributed by atoms with E-state index in [1.54, 1.807) is 0 Å². The third-order valence-corrected chi connectivity index (χ3v) is 2.99. The molecule has 0 aromatic carbocycles. The largest absolute Gasteiger partial charge is 0.379 e. The van der Waals surface area contributed by atoms with Crippen molar-refractivity contribution in [2.75, 3.05) is 58.2 Å². The molecule has 0 aromatic heterocycles. The summed E-state index contributed by atoms with van der Waals surface area (Å²) in [5.41, 5.74) is 0. The van der Waals surface area contributed by atoms with E-state index in [4.69, 9.17) is 18.9 Å². The number of alkyl halides is 1. The summed E-state index contributed by atoms with van der Waals surface area (Å²) in [4.78, 5) is 0. The van der Waals surface area contributed by atoms with Crippen LogP contribution in [0.4, 0.5) is 0 Å². The van der Waals surface area contributed by atoms with Gasteiger partial charge in [0, 0.05) is 18.5 Å². The smallest absolute Gasteiger partial charge is 0.0701 e. The highest BCUT2D eigenvalue weighted by molar-refractivity contribution is 9.09. The van der Waals surface area contributed by atoms with E-state index in [-0.39, 0.29) is 0 Å². The Labute approximate surface area is 126 Å². The predicted molar refractivity (Wildman–Crippen MR) is 81.2 cm³/mol. The van der Waals surface area contributed by atoms with E-state index in [9.17, 15) is 0 Å². The fourth-order valence-electron chi connectivity index (χ4n) is 1.31. The molecule has 4 nitrogen and oxygen atoms in total. The normalized spacial score (nSPS) is 11.1. The Morgan fingerprint density at radius 1 is 0.579 bits per heavy atom. The van der Waals surface area contributed by atoms with Crippen molar-refractivity contribution in [1.29, 1.82) is 0 Å². The average molecular weight is 341 g/mol. The van der Waals surface area contributed by atoms with Crippen molar-refractivity contribution in [2.24, 2.45) is 0 Å². The van der Waals surface area contributed by atoms with Crippen LogP contribution < -0.4 is 0 Å². The second-order valence-corrected chi connectivity index (χ2v) is 4.99. The van der Waals surface area contributed by atoms with Crippen LogP contribution in [0.3, 0.4) is 0 Å². The molecule has 0 heterocycles.